The number of carbonyl (C=O) groups excluding carboxylic acids is 1. The molecule has 0 heterocycles. The van der Waals surface area contributed by atoms with Crippen LogP contribution in [-0.4, -0.2) is 18.9 Å². The molecule has 5 nitrogen and oxygen atoms in total. The summed E-state index contributed by atoms with van der Waals surface area (Å²) in [4.78, 5) is 11.4. The van der Waals surface area contributed by atoms with Crippen molar-refractivity contribution in [3.8, 4) is 11.5 Å². The highest BCUT2D eigenvalue weighted by Gasteiger charge is 2.33. The van der Waals surface area contributed by atoms with Gasteiger partial charge in [0.05, 0.1) is 5.41 Å². The molecule has 1 rings (SSSR count). The highest BCUT2D eigenvalue weighted by molar-refractivity contribution is 5.81. The second-order valence-electron chi connectivity index (χ2n) is 4.64. The van der Waals surface area contributed by atoms with Crippen molar-refractivity contribution in [3.63, 3.8) is 0 Å². The summed E-state index contributed by atoms with van der Waals surface area (Å²) in [7, 11) is 0. The van der Waals surface area contributed by atoms with Gasteiger partial charge in [0.2, 0.25) is 5.91 Å². The number of benzene rings is 1. The fraction of sp³-hybridized carbons (Fsp3) is 0.417. The molecule has 0 fully saturated rings. The molecule has 0 radical (unpaired) electrons. The number of halogens is 3. The SMILES string of the molecule is CC(C)(COc1ccccc1OC(F)(F)F)C(=O)NN. The Bertz CT molecular complexity index is 475. The molecule has 0 aliphatic heterocycles. The van der Waals surface area contributed by atoms with E-state index in [9.17, 15) is 18.0 Å². The molecule has 0 bridgehead atoms. The van der Waals surface area contributed by atoms with Gasteiger partial charge in [-0.25, -0.2) is 5.84 Å². The number of para-hydroxylation sites is 2. The quantitative estimate of drug-likeness (QED) is 0.494. The van der Waals surface area contributed by atoms with Gasteiger partial charge in [0, 0.05) is 0 Å². The summed E-state index contributed by atoms with van der Waals surface area (Å²) in [6.07, 6.45) is -4.82. The maximum absolute atomic E-state index is 12.2. The van der Waals surface area contributed by atoms with Crippen LogP contribution in [0.1, 0.15) is 13.8 Å². The highest BCUT2D eigenvalue weighted by Crippen LogP contribution is 2.32. The van der Waals surface area contributed by atoms with Gasteiger partial charge in [0.15, 0.2) is 11.5 Å². The molecule has 1 aromatic rings. The van der Waals surface area contributed by atoms with Gasteiger partial charge in [-0.15, -0.1) is 13.2 Å². The maximum Gasteiger partial charge on any atom is 0.573 e. The third kappa shape index (κ3) is 4.61. The van der Waals surface area contributed by atoms with Crippen molar-refractivity contribution in [2.45, 2.75) is 20.2 Å². The van der Waals surface area contributed by atoms with Crippen molar-refractivity contribution in [2.24, 2.45) is 11.3 Å². The van der Waals surface area contributed by atoms with Crippen LogP contribution in [-0.2, 0) is 4.79 Å². The van der Waals surface area contributed by atoms with Gasteiger partial charge < -0.3 is 9.47 Å². The minimum atomic E-state index is -4.82. The van der Waals surface area contributed by atoms with E-state index >= 15 is 0 Å². The summed E-state index contributed by atoms with van der Waals surface area (Å²) in [5, 5.41) is 0. The van der Waals surface area contributed by atoms with E-state index in [0.717, 1.165) is 6.07 Å². The molecule has 0 atom stereocenters. The molecule has 0 saturated carbocycles. The molecular weight excluding hydrogens is 277 g/mol. The smallest absolute Gasteiger partial charge is 0.489 e. The van der Waals surface area contributed by atoms with E-state index < -0.39 is 23.4 Å². The summed E-state index contributed by atoms with van der Waals surface area (Å²) in [6.45, 7) is 2.93. The number of nitrogens with one attached hydrogen (secondary N) is 1. The summed E-state index contributed by atoms with van der Waals surface area (Å²) in [6, 6.07) is 5.32. The van der Waals surface area contributed by atoms with Crippen LogP contribution < -0.4 is 20.7 Å². The molecule has 0 aliphatic carbocycles. The second kappa shape index (κ2) is 6.00. The molecule has 20 heavy (non-hydrogen) atoms. The maximum atomic E-state index is 12.2. The Morgan fingerprint density at radius 3 is 2.30 bits per heavy atom. The number of hydrazine groups is 1. The van der Waals surface area contributed by atoms with Crippen molar-refractivity contribution in [1.82, 2.24) is 5.43 Å². The van der Waals surface area contributed by atoms with Gasteiger partial charge in [-0.05, 0) is 26.0 Å². The Hall–Kier alpha value is -1.96. The van der Waals surface area contributed by atoms with Crippen molar-refractivity contribution in [3.05, 3.63) is 24.3 Å². The van der Waals surface area contributed by atoms with Crippen LogP contribution in [0.5, 0.6) is 11.5 Å². The molecule has 8 heteroatoms. The standard InChI is InChI=1S/C12H15F3N2O3/c1-11(2,10(18)17-16)7-19-8-5-3-4-6-9(8)20-12(13,14)15/h3-6H,7,16H2,1-2H3,(H,17,18). The van der Waals surface area contributed by atoms with Crippen LogP contribution in [0, 0.1) is 5.41 Å². The summed E-state index contributed by atoms with van der Waals surface area (Å²) in [5.74, 6) is 3.94. The molecule has 112 valence electrons. The van der Waals surface area contributed by atoms with Crippen LogP contribution in [0.25, 0.3) is 0 Å². The highest BCUT2D eigenvalue weighted by atomic mass is 19.4. The molecule has 3 N–H and O–H groups in total. The van der Waals surface area contributed by atoms with Crippen LogP contribution >= 0.6 is 0 Å². The first-order valence-electron chi connectivity index (χ1n) is 5.64. The number of ether oxygens (including phenoxy) is 2. The monoisotopic (exact) mass is 292 g/mol. The van der Waals surface area contributed by atoms with E-state index in [1.54, 1.807) is 13.8 Å². The average Bonchev–Trinajstić information content (AvgIpc) is 2.35. The van der Waals surface area contributed by atoms with Gasteiger partial charge in [-0.1, -0.05) is 12.1 Å². The van der Waals surface area contributed by atoms with Crippen LogP contribution in [0.15, 0.2) is 24.3 Å². The Morgan fingerprint density at radius 2 is 1.80 bits per heavy atom. The number of hydrogen-bond donors (Lipinski definition) is 2. The van der Waals surface area contributed by atoms with Crippen LogP contribution in [0.4, 0.5) is 13.2 Å². The fourth-order valence-electron chi connectivity index (χ4n) is 1.30. The Morgan fingerprint density at radius 1 is 1.25 bits per heavy atom. The number of amides is 1. The van der Waals surface area contributed by atoms with E-state index in [0.29, 0.717) is 0 Å². The molecular formula is C12H15F3N2O3. The first-order chi connectivity index (χ1) is 9.15. The third-order valence-electron chi connectivity index (χ3n) is 2.41. The molecule has 0 aliphatic rings. The summed E-state index contributed by atoms with van der Waals surface area (Å²) >= 11 is 0. The van der Waals surface area contributed by atoms with Crippen molar-refractivity contribution < 1.29 is 27.4 Å². The van der Waals surface area contributed by atoms with Gasteiger partial charge in [-0.3, -0.25) is 10.2 Å². The Balaban J connectivity index is 2.81. The lowest BCUT2D eigenvalue weighted by Crippen LogP contribution is -2.44. The van der Waals surface area contributed by atoms with Crippen molar-refractivity contribution in [2.75, 3.05) is 6.61 Å². The molecule has 0 unspecified atom stereocenters. The fourth-order valence-corrected chi connectivity index (χ4v) is 1.30. The number of rotatable bonds is 5. The average molecular weight is 292 g/mol. The van der Waals surface area contributed by atoms with Gasteiger partial charge in [0.25, 0.3) is 0 Å². The largest absolute Gasteiger partial charge is 0.573 e. The zero-order valence-corrected chi connectivity index (χ0v) is 11.0. The first kappa shape index (κ1) is 16.1. The van der Waals surface area contributed by atoms with Crippen LogP contribution in [0.2, 0.25) is 0 Å². The Kier molecular flexibility index (Phi) is 4.83. The predicted octanol–water partition coefficient (Wildman–Crippen LogP) is 1.98. The molecule has 0 spiro atoms. The zero-order chi connectivity index (χ0) is 15.4. The summed E-state index contributed by atoms with van der Waals surface area (Å²) in [5.41, 5.74) is 0.964. The first-order valence-corrected chi connectivity index (χ1v) is 5.64. The minimum Gasteiger partial charge on any atom is -0.489 e. The van der Waals surface area contributed by atoms with Crippen molar-refractivity contribution >= 4 is 5.91 Å². The minimum absolute atomic E-state index is 0.109. The number of nitrogens with two attached hydrogens (primary N) is 1. The second-order valence-corrected chi connectivity index (χ2v) is 4.64. The molecule has 1 amide bonds. The van der Waals surface area contributed by atoms with Gasteiger partial charge in [0.1, 0.15) is 6.61 Å². The molecule has 0 aromatic heterocycles. The zero-order valence-electron chi connectivity index (χ0n) is 11.0. The molecule has 1 aromatic carbocycles. The van der Waals surface area contributed by atoms with E-state index in [2.05, 4.69) is 4.74 Å². The van der Waals surface area contributed by atoms with Crippen LogP contribution in [0.3, 0.4) is 0 Å². The topological polar surface area (TPSA) is 73.6 Å². The van der Waals surface area contributed by atoms with Gasteiger partial charge in [-0.2, -0.15) is 0 Å². The van der Waals surface area contributed by atoms with Crippen molar-refractivity contribution in [1.29, 1.82) is 0 Å². The van der Waals surface area contributed by atoms with E-state index in [4.69, 9.17) is 10.6 Å². The molecule has 0 saturated heterocycles. The lowest BCUT2D eigenvalue weighted by molar-refractivity contribution is -0.275. The lowest BCUT2D eigenvalue weighted by atomic mass is 9.94. The van der Waals surface area contributed by atoms with Gasteiger partial charge >= 0.3 is 6.36 Å². The number of alkyl halides is 3. The van der Waals surface area contributed by atoms with E-state index in [1.165, 1.54) is 18.2 Å². The van der Waals surface area contributed by atoms with E-state index in [1.807, 2.05) is 5.43 Å². The number of carbonyl (C=O) groups is 1. The Labute approximate surface area is 113 Å². The normalized spacial score (nSPS) is 11.9. The predicted molar refractivity (Wildman–Crippen MR) is 64.7 cm³/mol. The van der Waals surface area contributed by atoms with E-state index in [-0.39, 0.29) is 12.4 Å². The summed E-state index contributed by atoms with van der Waals surface area (Å²) < 4.78 is 45.7. The lowest BCUT2D eigenvalue weighted by Gasteiger charge is -2.23. The third-order valence-corrected chi connectivity index (χ3v) is 2.41. The number of hydrogen-bond acceptors (Lipinski definition) is 4.